The number of rotatable bonds is 9. The molecular formula is C27H31N3O4S. The van der Waals surface area contributed by atoms with E-state index in [0.717, 1.165) is 52.3 Å². The van der Waals surface area contributed by atoms with Gasteiger partial charge in [-0.2, -0.15) is 0 Å². The molecule has 1 aliphatic heterocycles. The van der Waals surface area contributed by atoms with Gasteiger partial charge in [0.1, 0.15) is 12.3 Å². The van der Waals surface area contributed by atoms with Gasteiger partial charge in [-0.15, -0.1) is 11.3 Å². The molecule has 2 aromatic carbocycles. The van der Waals surface area contributed by atoms with Crippen LogP contribution in [-0.2, 0) is 33.6 Å². The van der Waals surface area contributed by atoms with Crippen molar-refractivity contribution in [1.82, 2.24) is 4.98 Å². The maximum absolute atomic E-state index is 13.2. The number of ether oxygens (including phenoxy) is 2. The molecule has 0 saturated heterocycles. The van der Waals surface area contributed by atoms with E-state index in [1.54, 1.807) is 25.4 Å². The number of hydrogen-bond acceptors (Lipinski definition) is 6. The van der Waals surface area contributed by atoms with E-state index in [0.29, 0.717) is 18.0 Å². The van der Waals surface area contributed by atoms with Crippen LogP contribution >= 0.6 is 11.3 Å². The monoisotopic (exact) mass is 493 g/mol. The van der Waals surface area contributed by atoms with Crippen LogP contribution in [0.4, 0.5) is 11.4 Å². The number of benzene rings is 2. The van der Waals surface area contributed by atoms with Crippen LogP contribution in [0.15, 0.2) is 41.8 Å². The zero-order valence-electron chi connectivity index (χ0n) is 20.6. The molecule has 4 rings (SSSR count). The Balaban J connectivity index is 1.61. The Morgan fingerprint density at radius 2 is 1.94 bits per heavy atom. The minimum absolute atomic E-state index is 0.0969. The van der Waals surface area contributed by atoms with Crippen molar-refractivity contribution >= 4 is 34.5 Å². The molecule has 3 aromatic rings. The summed E-state index contributed by atoms with van der Waals surface area (Å²) in [5.41, 5.74) is 5.26. The Kier molecular flexibility index (Phi) is 7.83. The summed E-state index contributed by atoms with van der Waals surface area (Å²) in [4.78, 5) is 32.5. The molecule has 0 radical (unpaired) electrons. The molecule has 2 amide bonds. The number of carbonyl (C=O) groups is 2. The predicted octanol–water partition coefficient (Wildman–Crippen LogP) is 4.88. The topological polar surface area (TPSA) is 80.8 Å². The summed E-state index contributed by atoms with van der Waals surface area (Å²) in [5, 5.41) is 6.04. The lowest BCUT2D eigenvalue weighted by Gasteiger charge is -2.33. The second kappa shape index (κ2) is 11.0. The fourth-order valence-corrected chi connectivity index (χ4v) is 4.99. The van der Waals surface area contributed by atoms with Gasteiger partial charge in [-0.05, 0) is 49.1 Å². The van der Waals surface area contributed by atoms with Crippen molar-refractivity contribution in [2.24, 2.45) is 0 Å². The van der Waals surface area contributed by atoms with Gasteiger partial charge in [0.2, 0.25) is 5.91 Å². The van der Waals surface area contributed by atoms with Gasteiger partial charge in [0.15, 0.2) is 6.10 Å². The number of amides is 2. The van der Waals surface area contributed by atoms with Gasteiger partial charge in [0.25, 0.3) is 5.91 Å². The van der Waals surface area contributed by atoms with E-state index in [4.69, 9.17) is 14.5 Å². The van der Waals surface area contributed by atoms with Crippen molar-refractivity contribution < 1.29 is 19.1 Å². The van der Waals surface area contributed by atoms with E-state index in [-0.39, 0.29) is 18.4 Å². The fourth-order valence-electron chi connectivity index (χ4n) is 4.20. The van der Waals surface area contributed by atoms with Gasteiger partial charge in [-0.1, -0.05) is 32.0 Å². The SMILES string of the molecule is CCc1cccc(CC)c1NC(=O)CN1C(=O)C(C)Oc2ccc(-c3csc(CCOC)n3)cc21. The first kappa shape index (κ1) is 24.9. The lowest BCUT2D eigenvalue weighted by molar-refractivity contribution is -0.127. The zero-order valence-corrected chi connectivity index (χ0v) is 21.4. The molecule has 7 nitrogen and oxygen atoms in total. The first-order valence-corrected chi connectivity index (χ1v) is 12.8. The number of aromatic nitrogens is 1. The summed E-state index contributed by atoms with van der Waals surface area (Å²) in [7, 11) is 1.67. The molecule has 1 unspecified atom stereocenters. The maximum Gasteiger partial charge on any atom is 0.268 e. The van der Waals surface area contributed by atoms with Gasteiger partial charge in [0, 0.05) is 30.2 Å². The number of nitrogens with one attached hydrogen (secondary N) is 1. The summed E-state index contributed by atoms with van der Waals surface area (Å²) in [6.45, 7) is 6.35. The molecule has 8 heteroatoms. The van der Waals surface area contributed by atoms with Crippen LogP contribution in [0.3, 0.4) is 0 Å². The molecular weight excluding hydrogens is 462 g/mol. The Morgan fingerprint density at radius 1 is 1.20 bits per heavy atom. The lowest BCUT2D eigenvalue weighted by Crippen LogP contribution is -2.47. The number of carbonyl (C=O) groups excluding carboxylic acids is 2. The number of fused-ring (bicyclic) bond motifs is 1. The minimum Gasteiger partial charge on any atom is -0.479 e. The van der Waals surface area contributed by atoms with E-state index >= 15 is 0 Å². The molecule has 184 valence electrons. The van der Waals surface area contributed by atoms with Gasteiger partial charge in [-0.3, -0.25) is 14.5 Å². The second-order valence-electron chi connectivity index (χ2n) is 8.44. The lowest BCUT2D eigenvalue weighted by atomic mass is 10.0. The molecule has 0 spiro atoms. The molecule has 0 bridgehead atoms. The molecule has 0 aliphatic carbocycles. The van der Waals surface area contributed by atoms with Crippen molar-refractivity contribution in [1.29, 1.82) is 0 Å². The third-order valence-electron chi connectivity index (χ3n) is 6.10. The van der Waals surface area contributed by atoms with Crippen molar-refractivity contribution in [3.63, 3.8) is 0 Å². The van der Waals surface area contributed by atoms with Crippen LogP contribution in [0.25, 0.3) is 11.3 Å². The van der Waals surface area contributed by atoms with Crippen LogP contribution in [-0.4, -0.2) is 43.2 Å². The number of para-hydroxylation sites is 1. The summed E-state index contributed by atoms with van der Waals surface area (Å²) in [6.07, 6.45) is 1.69. The highest BCUT2D eigenvalue weighted by Gasteiger charge is 2.33. The number of nitrogens with zero attached hydrogens (tertiary/aromatic N) is 2. The first-order chi connectivity index (χ1) is 16.9. The summed E-state index contributed by atoms with van der Waals surface area (Å²) in [6, 6.07) is 11.7. The van der Waals surface area contributed by atoms with Crippen LogP contribution in [0.1, 0.15) is 36.9 Å². The number of anilines is 2. The molecule has 1 N–H and O–H groups in total. The third kappa shape index (κ3) is 5.39. The number of methoxy groups -OCH3 is 1. The van der Waals surface area contributed by atoms with Crippen molar-refractivity contribution in [3.05, 3.63) is 57.9 Å². The summed E-state index contributed by atoms with van der Waals surface area (Å²) >= 11 is 1.58. The van der Waals surface area contributed by atoms with Crippen molar-refractivity contribution in [2.75, 3.05) is 30.5 Å². The van der Waals surface area contributed by atoms with Gasteiger partial charge >= 0.3 is 0 Å². The Bertz CT molecular complexity index is 1200. The van der Waals surface area contributed by atoms with E-state index in [9.17, 15) is 9.59 Å². The summed E-state index contributed by atoms with van der Waals surface area (Å²) < 4.78 is 11.0. The van der Waals surface area contributed by atoms with E-state index < -0.39 is 6.10 Å². The number of hydrogen-bond donors (Lipinski definition) is 1. The number of thiazole rings is 1. The average Bonchev–Trinajstić information content (AvgIpc) is 3.34. The number of aryl methyl sites for hydroxylation is 2. The van der Waals surface area contributed by atoms with Gasteiger partial charge in [-0.25, -0.2) is 4.98 Å². The molecule has 1 aliphatic rings. The van der Waals surface area contributed by atoms with Gasteiger partial charge in [0.05, 0.1) is 23.0 Å². The smallest absolute Gasteiger partial charge is 0.268 e. The van der Waals surface area contributed by atoms with Crippen molar-refractivity contribution in [2.45, 2.75) is 46.1 Å². The molecule has 0 fully saturated rings. The van der Waals surface area contributed by atoms with E-state index in [1.165, 1.54) is 4.90 Å². The quantitative estimate of drug-likeness (QED) is 0.460. The molecule has 1 atom stereocenters. The fraction of sp³-hybridized carbons (Fsp3) is 0.370. The van der Waals surface area contributed by atoms with Crippen LogP contribution in [0, 0.1) is 0 Å². The zero-order chi connectivity index (χ0) is 24.9. The third-order valence-corrected chi connectivity index (χ3v) is 7.01. The average molecular weight is 494 g/mol. The minimum atomic E-state index is -0.671. The predicted molar refractivity (Wildman–Crippen MR) is 139 cm³/mol. The Labute approximate surface area is 210 Å². The molecule has 0 saturated carbocycles. The molecule has 1 aromatic heterocycles. The highest BCUT2D eigenvalue weighted by Crippen LogP contribution is 2.38. The van der Waals surface area contributed by atoms with Crippen LogP contribution < -0.4 is 15.0 Å². The highest BCUT2D eigenvalue weighted by atomic mass is 32.1. The maximum atomic E-state index is 13.2. The van der Waals surface area contributed by atoms with Crippen LogP contribution in [0.2, 0.25) is 0 Å². The van der Waals surface area contributed by atoms with Crippen molar-refractivity contribution in [3.8, 4) is 17.0 Å². The Morgan fingerprint density at radius 3 is 2.63 bits per heavy atom. The second-order valence-corrected chi connectivity index (χ2v) is 9.39. The molecule has 2 heterocycles. The standard InChI is InChI=1S/C27H31N3O4S/c1-5-18-8-7-9-19(6-2)26(18)29-24(31)15-30-22-14-20(10-11-23(22)34-17(3)27(30)32)21-16-35-25(28-21)12-13-33-4/h7-11,14,16-17H,5-6,12-13,15H2,1-4H3,(H,29,31). The van der Waals surface area contributed by atoms with Crippen LogP contribution in [0.5, 0.6) is 5.75 Å². The van der Waals surface area contributed by atoms with E-state index in [1.807, 2.05) is 41.8 Å². The van der Waals surface area contributed by atoms with Gasteiger partial charge < -0.3 is 14.8 Å². The highest BCUT2D eigenvalue weighted by molar-refractivity contribution is 7.09. The van der Waals surface area contributed by atoms with E-state index in [2.05, 4.69) is 19.2 Å². The largest absolute Gasteiger partial charge is 0.479 e. The normalized spacial score (nSPS) is 15.0. The summed E-state index contributed by atoms with van der Waals surface area (Å²) in [5.74, 6) is 0.0879. The Hall–Kier alpha value is -3.23. The first-order valence-electron chi connectivity index (χ1n) is 11.9. The molecule has 35 heavy (non-hydrogen) atoms.